The van der Waals surface area contributed by atoms with Crippen LogP contribution in [0.2, 0.25) is 0 Å². The third-order valence-electron chi connectivity index (χ3n) is 7.54. The van der Waals surface area contributed by atoms with E-state index in [1.807, 2.05) is 6.92 Å². The van der Waals surface area contributed by atoms with Crippen LogP contribution in [-0.2, 0) is 11.2 Å². The van der Waals surface area contributed by atoms with Crippen molar-refractivity contribution in [2.45, 2.75) is 65.2 Å². The highest BCUT2D eigenvalue weighted by Gasteiger charge is 2.52. The van der Waals surface area contributed by atoms with E-state index in [9.17, 15) is 4.79 Å². The minimum Gasteiger partial charge on any atom is -0.492 e. The fourth-order valence-corrected chi connectivity index (χ4v) is 6.37. The summed E-state index contributed by atoms with van der Waals surface area (Å²) in [6.07, 6.45) is 10.8. The highest BCUT2D eigenvalue weighted by atomic mass is 16.5. The molecule has 1 aromatic carbocycles. The lowest BCUT2D eigenvalue weighted by atomic mass is 9.55. The number of carbonyl (C=O) groups is 1. The zero-order chi connectivity index (χ0) is 18.3. The van der Waals surface area contributed by atoms with Gasteiger partial charge in [0.25, 0.3) is 0 Å². The number of anilines is 1. The van der Waals surface area contributed by atoms with Crippen LogP contribution in [0.3, 0.4) is 0 Å². The molecule has 0 aromatic heterocycles. The van der Waals surface area contributed by atoms with Crippen molar-refractivity contribution in [1.82, 2.24) is 0 Å². The monoisotopic (exact) mass is 353 g/mol. The second-order valence-electron chi connectivity index (χ2n) is 8.47. The molecule has 0 heterocycles. The van der Waals surface area contributed by atoms with Crippen LogP contribution in [0, 0.1) is 17.3 Å². The third-order valence-corrected chi connectivity index (χ3v) is 7.54. The first-order valence-electron chi connectivity index (χ1n) is 10.3. The van der Waals surface area contributed by atoms with Gasteiger partial charge < -0.3 is 10.1 Å². The van der Waals surface area contributed by atoms with E-state index in [-0.39, 0.29) is 0 Å². The summed E-state index contributed by atoms with van der Waals surface area (Å²) in [4.78, 5) is 11.0. The van der Waals surface area contributed by atoms with E-state index in [1.54, 1.807) is 5.57 Å². The van der Waals surface area contributed by atoms with Gasteiger partial charge in [-0.15, -0.1) is 0 Å². The molecular formula is C23H31NO2. The topological polar surface area (TPSA) is 38.3 Å². The predicted octanol–water partition coefficient (Wildman–Crippen LogP) is 5.46. The quantitative estimate of drug-likeness (QED) is 0.577. The van der Waals surface area contributed by atoms with Crippen LogP contribution in [0.25, 0.3) is 0 Å². The Balaban J connectivity index is 1.70. The molecule has 26 heavy (non-hydrogen) atoms. The van der Waals surface area contributed by atoms with Crippen LogP contribution < -0.4 is 10.1 Å². The standard InChI is InChI=1S/C23H31NO2/c1-4-16-7-9-20-18-8-6-15-12-21(24-14-25)22(26-5-2)13-19(15)17(18)10-11-23(16,20)3/h4,12-14,17-18,20H,5-11H2,1-3H3,(H,24,25)/b16-4-. The molecule has 0 saturated heterocycles. The molecule has 4 atom stereocenters. The van der Waals surface area contributed by atoms with Crippen LogP contribution in [0.5, 0.6) is 5.75 Å². The number of ether oxygens (including phenoxy) is 1. The van der Waals surface area contributed by atoms with Gasteiger partial charge in [-0.3, -0.25) is 4.79 Å². The average Bonchev–Trinajstić information content (AvgIpc) is 2.99. The SMILES string of the molecule is C/C=C1/CCC2C3CCc4cc(NC=O)c(OCC)cc4C3CCC12C. The summed E-state index contributed by atoms with van der Waals surface area (Å²) < 4.78 is 5.85. The lowest BCUT2D eigenvalue weighted by Crippen LogP contribution is -2.40. The Morgan fingerprint density at radius 1 is 1.27 bits per heavy atom. The number of hydrogen-bond acceptors (Lipinski definition) is 2. The summed E-state index contributed by atoms with van der Waals surface area (Å²) in [5.41, 5.74) is 5.84. The third kappa shape index (κ3) is 2.59. The highest BCUT2D eigenvalue weighted by Crippen LogP contribution is 2.63. The molecule has 1 N–H and O–H groups in total. The lowest BCUT2D eigenvalue weighted by molar-refractivity contribution is -0.105. The van der Waals surface area contributed by atoms with Crippen molar-refractivity contribution in [2.24, 2.45) is 17.3 Å². The van der Waals surface area contributed by atoms with Crippen molar-refractivity contribution in [3.05, 3.63) is 34.9 Å². The van der Waals surface area contributed by atoms with E-state index in [0.717, 1.165) is 36.1 Å². The summed E-state index contributed by atoms with van der Waals surface area (Å²) in [5.74, 6) is 3.09. The maximum Gasteiger partial charge on any atom is 0.211 e. The van der Waals surface area contributed by atoms with Crippen molar-refractivity contribution >= 4 is 12.1 Å². The Morgan fingerprint density at radius 2 is 2.12 bits per heavy atom. The molecule has 2 fully saturated rings. The largest absolute Gasteiger partial charge is 0.492 e. The molecule has 1 aromatic rings. The first-order chi connectivity index (χ1) is 12.6. The van der Waals surface area contributed by atoms with E-state index in [2.05, 4.69) is 37.4 Å². The molecule has 3 heteroatoms. The first-order valence-corrected chi connectivity index (χ1v) is 10.3. The fourth-order valence-electron chi connectivity index (χ4n) is 6.37. The average molecular weight is 354 g/mol. The van der Waals surface area contributed by atoms with Crippen molar-refractivity contribution in [1.29, 1.82) is 0 Å². The van der Waals surface area contributed by atoms with Gasteiger partial charge in [0.05, 0.1) is 12.3 Å². The van der Waals surface area contributed by atoms with Gasteiger partial charge in [0.1, 0.15) is 5.75 Å². The number of aryl methyl sites for hydroxylation is 1. The molecule has 1 amide bonds. The van der Waals surface area contributed by atoms with Crippen LogP contribution in [0.1, 0.15) is 69.9 Å². The maximum absolute atomic E-state index is 11.0. The van der Waals surface area contributed by atoms with Gasteiger partial charge in [-0.05, 0) is 98.8 Å². The summed E-state index contributed by atoms with van der Waals surface area (Å²) in [6, 6.07) is 4.39. The Morgan fingerprint density at radius 3 is 2.85 bits per heavy atom. The van der Waals surface area contributed by atoms with E-state index in [4.69, 9.17) is 4.74 Å². The maximum atomic E-state index is 11.0. The second kappa shape index (κ2) is 6.75. The molecule has 4 unspecified atom stereocenters. The zero-order valence-corrected chi connectivity index (χ0v) is 16.3. The predicted molar refractivity (Wildman–Crippen MR) is 106 cm³/mol. The van der Waals surface area contributed by atoms with E-state index < -0.39 is 0 Å². The number of benzene rings is 1. The summed E-state index contributed by atoms with van der Waals surface area (Å²) in [7, 11) is 0. The fraction of sp³-hybridized carbons (Fsp3) is 0.609. The molecule has 3 aliphatic rings. The summed E-state index contributed by atoms with van der Waals surface area (Å²) in [6.45, 7) is 7.36. The Kier molecular flexibility index (Phi) is 4.58. The Hall–Kier alpha value is -1.77. The zero-order valence-electron chi connectivity index (χ0n) is 16.3. The molecule has 140 valence electrons. The number of carbonyl (C=O) groups excluding carboxylic acids is 1. The van der Waals surface area contributed by atoms with Crippen LogP contribution >= 0.6 is 0 Å². The van der Waals surface area contributed by atoms with Gasteiger partial charge in [0, 0.05) is 0 Å². The van der Waals surface area contributed by atoms with Crippen molar-refractivity contribution in [3.8, 4) is 5.75 Å². The molecular weight excluding hydrogens is 322 g/mol. The van der Waals surface area contributed by atoms with E-state index in [1.165, 1.54) is 43.2 Å². The van der Waals surface area contributed by atoms with Gasteiger partial charge in [0.15, 0.2) is 0 Å². The van der Waals surface area contributed by atoms with Crippen LogP contribution in [0.4, 0.5) is 5.69 Å². The Labute approximate surface area is 157 Å². The lowest BCUT2D eigenvalue weighted by Gasteiger charge is -2.49. The number of amides is 1. The molecule has 0 bridgehead atoms. The van der Waals surface area contributed by atoms with Crippen molar-refractivity contribution in [2.75, 3.05) is 11.9 Å². The van der Waals surface area contributed by atoms with Gasteiger partial charge in [-0.2, -0.15) is 0 Å². The minimum absolute atomic E-state index is 0.426. The van der Waals surface area contributed by atoms with Crippen molar-refractivity contribution < 1.29 is 9.53 Å². The number of hydrogen-bond donors (Lipinski definition) is 1. The molecule has 2 saturated carbocycles. The molecule has 3 aliphatic carbocycles. The highest BCUT2D eigenvalue weighted by molar-refractivity contribution is 5.76. The number of fused-ring (bicyclic) bond motifs is 5. The van der Waals surface area contributed by atoms with E-state index in [0.29, 0.717) is 17.9 Å². The minimum atomic E-state index is 0.426. The van der Waals surface area contributed by atoms with Gasteiger partial charge in [-0.25, -0.2) is 0 Å². The van der Waals surface area contributed by atoms with Crippen molar-refractivity contribution in [3.63, 3.8) is 0 Å². The van der Waals surface area contributed by atoms with Crippen LogP contribution in [0.15, 0.2) is 23.8 Å². The number of rotatable bonds is 4. The van der Waals surface area contributed by atoms with Gasteiger partial charge in [0.2, 0.25) is 6.41 Å². The van der Waals surface area contributed by atoms with E-state index >= 15 is 0 Å². The summed E-state index contributed by atoms with van der Waals surface area (Å²) in [5, 5.41) is 2.83. The first kappa shape index (κ1) is 17.6. The summed E-state index contributed by atoms with van der Waals surface area (Å²) >= 11 is 0. The second-order valence-corrected chi connectivity index (χ2v) is 8.47. The smallest absolute Gasteiger partial charge is 0.211 e. The van der Waals surface area contributed by atoms with Crippen LogP contribution in [-0.4, -0.2) is 13.0 Å². The molecule has 0 spiro atoms. The van der Waals surface area contributed by atoms with Gasteiger partial charge in [-0.1, -0.05) is 18.6 Å². The molecule has 4 rings (SSSR count). The Bertz CT molecular complexity index is 738. The molecule has 0 aliphatic heterocycles. The number of nitrogens with one attached hydrogen (secondary N) is 1. The normalized spacial score (nSPS) is 34.0. The molecule has 0 radical (unpaired) electrons. The molecule has 3 nitrogen and oxygen atoms in total. The van der Waals surface area contributed by atoms with Gasteiger partial charge >= 0.3 is 0 Å². The number of allylic oxidation sites excluding steroid dienone is 2.